The molecule has 28 heavy (non-hydrogen) atoms. The van der Waals surface area contributed by atoms with Crippen LogP contribution in [0.1, 0.15) is 58.2 Å². The van der Waals surface area contributed by atoms with E-state index in [-0.39, 0.29) is 10.8 Å². The van der Waals surface area contributed by atoms with E-state index in [0.29, 0.717) is 0 Å². The standard InChI is InChI=1S/C24H31N3S/c1-23(2,3)19-12-8-17(9-13-19)16-28-22-26-25-21(27(22)7)18-10-14-20(15-11-18)24(4,5)6/h8-15H,16H2,1-7H3. The molecule has 0 fully saturated rings. The molecule has 0 aliphatic rings. The van der Waals surface area contributed by atoms with Gasteiger partial charge in [-0.05, 0) is 27.5 Å². The summed E-state index contributed by atoms with van der Waals surface area (Å²) in [7, 11) is 2.04. The first-order valence-corrected chi connectivity index (χ1v) is 10.8. The highest BCUT2D eigenvalue weighted by atomic mass is 32.2. The zero-order chi connectivity index (χ0) is 20.5. The van der Waals surface area contributed by atoms with E-state index >= 15 is 0 Å². The molecule has 0 aliphatic heterocycles. The first kappa shape index (κ1) is 20.7. The minimum atomic E-state index is 0.155. The summed E-state index contributed by atoms with van der Waals surface area (Å²) in [6.45, 7) is 13.4. The minimum Gasteiger partial charge on any atom is -0.305 e. The fourth-order valence-corrected chi connectivity index (χ4v) is 3.93. The molecular weight excluding hydrogens is 362 g/mol. The molecule has 3 nitrogen and oxygen atoms in total. The molecule has 1 heterocycles. The number of rotatable bonds is 4. The largest absolute Gasteiger partial charge is 0.305 e. The lowest BCUT2D eigenvalue weighted by Crippen LogP contribution is -2.10. The summed E-state index contributed by atoms with van der Waals surface area (Å²) >= 11 is 1.73. The maximum Gasteiger partial charge on any atom is 0.191 e. The third-order valence-corrected chi connectivity index (χ3v) is 6.12. The number of nitrogens with zero attached hydrogens (tertiary/aromatic N) is 3. The van der Waals surface area contributed by atoms with Crippen molar-refractivity contribution in [3.8, 4) is 11.4 Å². The molecule has 3 aromatic rings. The molecule has 0 atom stereocenters. The third-order valence-electron chi connectivity index (χ3n) is 5.03. The number of thioether (sulfide) groups is 1. The third kappa shape index (κ3) is 4.67. The second-order valence-electron chi connectivity index (χ2n) is 9.43. The van der Waals surface area contributed by atoms with E-state index in [4.69, 9.17) is 0 Å². The lowest BCUT2D eigenvalue weighted by molar-refractivity contribution is 0.590. The van der Waals surface area contributed by atoms with Crippen molar-refractivity contribution < 1.29 is 0 Å². The van der Waals surface area contributed by atoms with Crippen molar-refractivity contribution in [3.05, 3.63) is 65.2 Å². The van der Waals surface area contributed by atoms with Crippen molar-refractivity contribution in [1.82, 2.24) is 14.8 Å². The molecule has 0 unspecified atom stereocenters. The predicted octanol–water partition coefficient (Wildman–Crippen LogP) is 6.37. The maximum atomic E-state index is 4.43. The molecule has 0 aliphatic carbocycles. The smallest absolute Gasteiger partial charge is 0.191 e. The zero-order valence-electron chi connectivity index (χ0n) is 18.1. The van der Waals surface area contributed by atoms with Crippen molar-refractivity contribution in [2.24, 2.45) is 7.05 Å². The molecule has 0 N–H and O–H groups in total. The minimum absolute atomic E-state index is 0.155. The lowest BCUT2D eigenvalue weighted by atomic mass is 9.87. The topological polar surface area (TPSA) is 30.7 Å². The molecule has 0 spiro atoms. The van der Waals surface area contributed by atoms with Crippen LogP contribution in [0.2, 0.25) is 0 Å². The molecule has 0 radical (unpaired) electrons. The van der Waals surface area contributed by atoms with Crippen LogP contribution in [0, 0.1) is 0 Å². The Labute approximate surface area is 173 Å². The van der Waals surface area contributed by atoms with Gasteiger partial charge in [-0.3, -0.25) is 0 Å². The van der Waals surface area contributed by atoms with Crippen molar-refractivity contribution >= 4 is 11.8 Å². The van der Waals surface area contributed by atoms with Crippen LogP contribution in [-0.2, 0) is 23.6 Å². The Balaban J connectivity index is 1.71. The highest BCUT2D eigenvalue weighted by Gasteiger charge is 2.16. The van der Waals surface area contributed by atoms with Gasteiger partial charge in [-0.15, -0.1) is 10.2 Å². The van der Waals surface area contributed by atoms with Gasteiger partial charge in [-0.25, -0.2) is 0 Å². The molecule has 1 aromatic heterocycles. The Hall–Kier alpha value is -2.07. The summed E-state index contributed by atoms with van der Waals surface area (Å²) in [5.74, 6) is 1.80. The van der Waals surface area contributed by atoms with Gasteiger partial charge in [0.25, 0.3) is 0 Å². The van der Waals surface area contributed by atoms with Gasteiger partial charge in [0.15, 0.2) is 11.0 Å². The average molecular weight is 394 g/mol. The van der Waals surface area contributed by atoms with Crippen molar-refractivity contribution in [3.63, 3.8) is 0 Å². The Morgan fingerprint density at radius 3 is 1.75 bits per heavy atom. The summed E-state index contributed by atoms with van der Waals surface area (Å²) < 4.78 is 2.08. The van der Waals surface area contributed by atoms with Crippen LogP contribution >= 0.6 is 11.8 Å². The van der Waals surface area contributed by atoms with E-state index in [1.807, 2.05) is 7.05 Å². The summed E-state index contributed by atoms with van der Waals surface area (Å²) in [5, 5.41) is 9.78. The molecular formula is C24H31N3S. The SMILES string of the molecule is Cn1c(SCc2ccc(C(C)(C)C)cc2)nnc1-c1ccc(C(C)(C)C)cc1. The van der Waals surface area contributed by atoms with Crippen molar-refractivity contribution in [1.29, 1.82) is 0 Å². The van der Waals surface area contributed by atoms with Crippen LogP contribution in [0.3, 0.4) is 0 Å². The monoisotopic (exact) mass is 393 g/mol. The van der Waals surface area contributed by atoms with Gasteiger partial charge in [0.05, 0.1) is 0 Å². The van der Waals surface area contributed by atoms with Gasteiger partial charge in [-0.2, -0.15) is 0 Å². The van der Waals surface area contributed by atoms with Gasteiger partial charge >= 0.3 is 0 Å². The van der Waals surface area contributed by atoms with E-state index in [1.54, 1.807) is 11.8 Å². The van der Waals surface area contributed by atoms with Crippen LogP contribution in [-0.4, -0.2) is 14.8 Å². The maximum absolute atomic E-state index is 4.43. The molecule has 3 rings (SSSR count). The molecule has 0 bridgehead atoms. The molecule has 2 aromatic carbocycles. The lowest BCUT2D eigenvalue weighted by Gasteiger charge is -2.19. The summed E-state index contributed by atoms with van der Waals surface area (Å²) in [4.78, 5) is 0. The van der Waals surface area contributed by atoms with Gasteiger partial charge in [0, 0.05) is 18.4 Å². The average Bonchev–Trinajstić information content (AvgIpc) is 2.99. The van der Waals surface area contributed by atoms with Gasteiger partial charge in [-0.1, -0.05) is 102 Å². The fourth-order valence-electron chi connectivity index (χ4n) is 3.06. The van der Waals surface area contributed by atoms with E-state index < -0.39 is 0 Å². The summed E-state index contributed by atoms with van der Waals surface area (Å²) in [6, 6.07) is 17.6. The number of hydrogen-bond donors (Lipinski definition) is 0. The van der Waals surface area contributed by atoms with Gasteiger partial charge in [0.1, 0.15) is 0 Å². The van der Waals surface area contributed by atoms with Gasteiger partial charge < -0.3 is 4.57 Å². The Morgan fingerprint density at radius 2 is 1.25 bits per heavy atom. The van der Waals surface area contributed by atoms with Crippen LogP contribution in [0.15, 0.2) is 53.7 Å². The fraction of sp³-hybridized carbons (Fsp3) is 0.417. The quantitative estimate of drug-likeness (QED) is 0.483. The van der Waals surface area contributed by atoms with Crippen LogP contribution in [0.5, 0.6) is 0 Å². The second-order valence-corrected chi connectivity index (χ2v) is 10.4. The van der Waals surface area contributed by atoms with Crippen molar-refractivity contribution in [2.45, 2.75) is 63.3 Å². The Morgan fingerprint density at radius 1 is 0.750 bits per heavy atom. The van der Waals surface area contributed by atoms with Crippen LogP contribution in [0.4, 0.5) is 0 Å². The molecule has 148 valence electrons. The Bertz CT molecular complexity index is 924. The first-order chi connectivity index (χ1) is 13.1. The van der Waals surface area contributed by atoms with Gasteiger partial charge in [0.2, 0.25) is 0 Å². The van der Waals surface area contributed by atoms with Crippen LogP contribution < -0.4 is 0 Å². The Kier molecular flexibility index (Phi) is 5.72. The normalized spacial score (nSPS) is 12.4. The predicted molar refractivity (Wildman–Crippen MR) is 120 cm³/mol. The van der Waals surface area contributed by atoms with Crippen molar-refractivity contribution in [2.75, 3.05) is 0 Å². The van der Waals surface area contributed by atoms with E-state index in [9.17, 15) is 0 Å². The van der Waals surface area contributed by atoms with E-state index in [0.717, 1.165) is 22.3 Å². The van der Waals surface area contributed by atoms with Crippen LogP contribution in [0.25, 0.3) is 11.4 Å². The first-order valence-electron chi connectivity index (χ1n) is 9.78. The highest BCUT2D eigenvalue weighted by Crippen LogP contribution is 2.29. The van der Waals surface area contributed by atoms with E-state index in [2.05, 4.69) is 105 Å². The zero-order valence-corrected chi connectivity index (χ0v) is 18.9. The molecule has 0 saturated heterocycles. The summed E-state index contributed by atoms with van der Waals surface area (Å²) in [6.07, 6.45) is 0. The highest BCUT2D eigenvalue weighted by molar-refractivity contribution is 7.98. The second kappa shape index (κ2) is 7.75. The molecule has 0 saturated carbocycles. The van der Waals surface area contributed by atoms with E-state index in [1.165, 1.54) is 16.7 Å². The number of hydrogen-bond acceptors (Lipinski definition) is 3. The number of benzene rings is 2. The summed E-state index contributed by atoms with van der Waals surface area (Å²) in [5.41, 5.74) is 5.43. The molecule has 4 heteroatoms. The number of aromatic nitrogens is 3. The molecule has 0 amide bonds.